The molecule has 0 radical (unpaired) electrons. The average Bonchev–Trinajstić information content (AvgIpc) is 2.43. The maximum atomic E-state index is 12.1. The quantitative estimate of drug-likeness (QED) is 0.669. The molecule has 0 aromatic heterocycles. The summed E-state index contributed by atoms with van der Waals surface area (Å²) in [5, 5.41) is 0. The molecule has 0 unspecified atom stereocenters. The van der Waals surface area contributed by atoms with E-state index in [-0.39, 0.29) is 23.7 Å². The zero-order chi connectivity index (χ0) is 16.5. The fraction of sp³-hybridized carbons (Fsp3) is 0.875. The lowest BCUT2D eigenvalue weighted by molar-refractivity contribution is -0.137. The van der Waals surface area contributed by atoms with Crippen LogP contribution in [0.1, 0.15) is 53.4 Å². The van der Waals surface area contributed by atoms with E-state index in [1.807, 2.05) is 18.7 Å². The fourth-order valence-electron chi connectivity index (χ4n) is 2.26. The van der Waals surface area contributed by atoms with E-state index in [1.165, 1.54) is 0 Å². The Morgan fingerprint density at radius 1 is 1.00 bits per heavy atom. The zero-order valence-electron chi connectivity index (χ0n) is 14.4. The molecule has 0 spiro atoms. The van der Waals surface area contributed by atoms with Crippen LogP contribution in [0.3, 0.4) is 0 Å². The second-order valence-electron chi connectivity index (χ2n) is 6.50. The third-order valence-electron chi connectivity index (χ3n) is 3.54. The van der Waals surface area contributed by atoms with Crippen molar-refractivity contribution in [2.45, 2.75) is 53.4 Å². The summed E-state index contributed by atoms with van der Waals surface area (Å²) in [5.74, 6) is 0.0938. The molecule has 5 heteroatoms. The molecule has 0 bridgehead atoms. The summed E-state index contributed by atoms with van der Waals surface area (Å²) in [6.07, 6.45) is 2.47. The summed E-state index contributed by atoms with van der Waals surface area (Å²) in [5.41, 5.74) is 5.59. The number of carbonyl (C=O) groups excluding carboxylic acids is 2. The van der Waals surface area contributed by atoms with Crippen molar-refractivity contribution < 1.29 is 9.59 Å². The van der Waals surface area contributed by atoms with Crippen molar-refractivity contribution >= 4 is 11.8 Å². The van der Waals surface area contributed by atoms with Gasteiger partial charge in [-0.1, -0.05) is 27.7 Å². The second-order valence-corrected chi connectivity index (χ2v) is 6.50. The number of nitrogens with zero attached hydrogens (tertiary/aromatic N) is 2. The molecule has 0 rings (SSSR count). The maximum Gasteiger partial charge on any atom is 0.223 e. The van der Waals surface area contributed by atoms with Crippen LogP contribution in [-0.4, -0.2) is 54.8 Å². The molecular formula is C16H33N3O2. The van der Waals surface area contributed by atoms with E-state index in [9.17, 15) is 9.59 Å². The van der Waals surface area contributed by atoms with E-state index < -0.39 is 0 Å². The van der Waals surface area contributed by atoms with Crippen molar-refractivity contribution in [3.05, 3.63) is 0 Å². The molecule has 0 aromatic carbocycles. The molecule has 0 saturated heterocycles. The van der Waals surface area contributed by atoms with Crippen molar-refractivity contribution in [1.82, 2.24) is 9.80 Å². The number of carbonyl (C=O) groups is 2. The van der Waals surface area contributed by atoms with Crippen LogP contribution in [0.5, 0.6) is 0 Å². The average molecular weight is 299 g/mol. The van der Waals surface area contributed by atoms with Gasteiger partial charge >= 0.3 is 0 Å². The first-order chi connectivity index (χ1) is 9.77. The number of hydrogen-bond acceptors (Lipinski definition) is 3. The molecule has 0 atom stereocenters. The molecule has 0 aromatic rings. The SMILES string of the molecule is CCCN(CCC)C(=O)CCC(=O)N(C)CC(C)(C)CN. The first-order valence-electron chi connectivity index (χ1n) is 7.99. The summed E-state index contributed by atoms with van der Waals surface area (Å²) in [7, 11) is 1.78. The lowest BCUT2D eigenvalue weighted by Crippen LogP contribution is -2.40. The predicted octanol–water partition coefficient (Wildman–Crippen LogP) is 1.86. The fourth-order valence-corrected chi connectivity index (χ4v) is 2.26. The summed E-state index contributed by atoms with van der Waals surface area (Å²) in [4.78, 5) is 27.8. The molecule has 0 fully saturated rings. The Kier molecular flexibility index (Phi) is 9.26. The highest BCUT2D eigenvalue weighted by molar-refractivity contribution is 5.83. The van der Waals surface area contributed by atoms with E-state index in [1.54, 1.807) is 11.9 Å². The molecule has 0 heterocycles. The molecule has 21 heavy (non-hydrogen) atoms. The molecule has 5 nitrogen and oxygen atoms in total. The number of hydrogen-bond donors (Lipinski definition) is 1. The summed E-state index contributed by atoms with van der Waals surface area (Å²) < 4.78 is 0. The Bertz CT molecular complexity index is 323. The highest BCUT2D eigenvalue weighted by atomic mass is 16.2. The zero-order valence-corrected chi connectivity index (χ0v) is 14.4. The Balaban J connectivity index is 4.30. The van der Waals surface area contributed by atoms with Gasteiger partial charge in [0.1, 0.15) is 0 Å². The van der Waals surface area contributed by atoms with Crippen LogP contribution in [0.4, 0.5) is 0 Å². The highest BCUT2D eigenvalue weighted by Gasteiger charge is 2.22. The van der Waals surface area contributed by atoms with Crippen molar-refractivity contribution in [3.63, 3.8) is 0 Å². The Morgan fingerprint density at radius 2 is 1.48 bits per heavy atom. The van der Waals surface area contributed by atoms with Crippen LogP contribution in [0.15, 0.2) is 0 Å². The highest BCUT2D eigenvalue weighted by Crippen LogP contribution is 2.14. The summed E-state index contributed by atoms with van der Waals surface area (Å²) >= 11 is 0. The molecular weight excluding hydrogens is 266 g/mol. The van der Waals surface area contributed by atoms with Gasteiger partial charge in [0, 0.05) is 39.5 Å². The van der Waals surface area contributed by atoms with Gasteiger partial charge in [-0.05, 0) is 24.8 Å². The van der Waals surface area contributed by atoms with Crippen molar-refractivity contribution in [2.24, 2.45) is 11.1 Å². The smallest absolute Gasteiger partial charge is 0.223 e. The molecule has 0 aliphatic rings. The van der Waals surface area contributed by atoms with Crippen LogP contribution in [0, 0.1) is 5.41 Å². The van der Waals surface area contributed by atoms with E-state index in [0.717, 1.165) is 25.9 Å². The van der Waals surface area contributed by atoms with Gasteiger partial charge in [0.15, 0.2) is 0 Å². The van der Waals surface area contributed by atoms with Gasteiger partial charge in [-0.3, -0.25) is 9.59 Å². The van der Waals surface area contributed by atoms with Gasteiger partial charge < -0.3 is 15.5 Å². The lowest BCUT2D eigenvalue weighted by Gasteiger charge is -2.29. The molecule has 0 aliphatic heterocycles. The van der Waals surface area contributed by atoms with Crippen LogP contribution >= 0.6 is 0 Å². The third-order valence-corrected chi connectivity index (χ3v) is 3.54. The molecule has 2 amide bonds. The van der Waals surface area contributed by atoms with Gasteiger partial charge in [0.2, 0.25) is 11.8 Å². The molecule has 0 saturated carbocycles. The first-order valence-corrected chi connectivity index (χ1v) is 7.99. The summed E-state index contributed by atoms with van der Waals surface area (Å²) in [6.45, 7) is 10.9. The Hall–Kier alpha value is -1.10. The number of nitrogens with two attached hydrogens (primary N) is 1. The van der Waals surface area contributed by atoms with Gasteiger partial charge in [-0.25, -0.2) is 0 Å². The number of rotatable bonds is 10. The van der Waals surface area contributed by atoms with Crippen molar-refractivity contribution in [3.8, 4) is 0 Å². The second kappa shape index (κ2) is 9.77. The van der Waals surface area contributed by atoms with E-state index in [2.05, 4.69) is 13.8 Å². The molecule has 2 N–H and O–H groups in total. The minimum atomic E-state index is -0.0924. The largest absolute Gasteiger partial charge is 0.345 e. The van der Waals surface area contributed by atoms with E-state index in [4.69, 9.17) is 5.73 Å². The molecule has 0 aliphatic carbocycles. The van der Waals surface area contributed by atoms with Crippen LogP contribution in [0.2, 0.25) is 0 Å². The predicted molar refractivity (Wildman–Crippen MR) is 86.9 cm³/mol. The minimum absolute atomic E-state index is 0.0119. The Labute approximate surface area is 129 Å². The Morgan fingerprint density at radius 3 is 1.90 bits per heavy atom. The third kappa shape index (κ3) is 8.05. The van der Waals surface area contributed by atoms with Crippen LogP contribution in [-0.2, 0) is 9.59 Å². The summed E-state index contributed by atoms with van der Waals surface area (Å²) in [6, 6.07) is 0. The lowest BCUT2D eigenvalue weighted by atomic mass is 9.93. The molecule has 124 valence electrons. The monoisotopic (exact) mass is 299 g/mol. The topological polar surface area (TPSA) is 66.6 Å². The van der Waals surface area contributed by atoms with Crippen molar-refractivity contribution in [2.75, 3.05) is 33.2 Å². The van der Waals surface area contributed by atoms with Crippen molar-refractivity contribution in [1.29, 1.82) is 0 Å². The normalized spacial score (nSPS) is 11.3. The van der Waals surface area contributed by atoms with Crippen LogP contribution in [0.25, 0.3) is 0 Å². The maximum absolute atomic E-state index is 12.1. The van der Waals surface area contributed by atoms with Gasteiger partial charge in [-0.2, -0.15) is 0 Å². The standard InChI is InChI=1S/C16H33N3O2/c1-6-10-19(11-7-2)15(21)9-8-14(20)18(5)13-16(3,4)12-17/h6-13,17H2,1-5H3. The van der Waals surface area contributed by atoms with Gasteiger partial charge in [0.05, 0.1) is 0 Å². The minimum Gasteiger partial charge on any atom is -0.345 e. The van der Waals surface area contributed by atoms with Gasteiger partial charge in [0.25, 0.3) is 0 Å². The van der Waals surface area contributed by atoms with E-state index >= 15 is 0 Å². The van der Waals surface area contributed by atoms with Crippen LogP contribution < -0.4 is 5.73 Å². The van der Waals surface area contributed by atoms with E-state index in [0.29, 0.717) is 19.5 Å². The number of amides is 2. The first kappa shape index (κ1) is 19.9. The van der Waals surface area contributed by atoms with Gasteiger partial charge in [-0.15, -0.1) is 0 Å².